The van der Waals surface area contributed by atoms with Gasteiger partial charge in [0.2, 0.25) is 0 Å². The van der Waals surface area contributed by atoms with Crippen molar-refractivity contribution in [3.8, 4) is 0 Å². The van der Waals surface area contributed by atoms with Gasteiger partial charge in [-0.1, -0.05) is 17.7 Å². The number of carbonyl (C=O) groups is 1. The van der Waals surface area contributed by atoms with Crippen LogP contribution in [0.1, 0.15) is 5.56 Å². The molecule has 0 radical (unpaired) electrons. The minimum absolute atomic E-state index is 0.126. The van der Waals surface area contributed by atoms with E-state index in [1.54, 1.807) is 6.08 Å². The third-order valence-electron chi connectivity index (χ3n) is 2.64. The zero-order valence-corrected chi connectivity index (χ0v) is 9.51. The minimum atomic E-state index is -0.248. The molecule has 0 spiro atoms. The highest BCUT2D eigenvalue weighted by atomic mass is 16.5. The van der Waals surface area contributed by atoms with Crippen LogP contribution in [0.5, 0.6) is 0 Å². The number of nitrogens with zero attached hydrogens (tertiary/aromatic N) is 1. The molecule has 0 bridgehead atoms. The lowest BCUT2D eigenvalue weighted by Crippen LogP contribution is -2.28. The number of hydrogen-bond donors (Lipinski definition) is 0. The van der Waals surface area contributed by atoms with E-state index in [1.807, 2.05) is 7.05 Å². The minimum Gasteiger partial charge on any atom is -0.453 e. The van der Waals surface area contributed by atoms with Gasteiger partial charge in [-0.25, -0.2) is 4.79 Å². The number of hydrogen-bond acceptors (Lipinski definition) is 3. The Morgan fingerprint density at radius 2 is 2.00 bits per heavy atom. The molecule has 1 aliphatic heterocycles. The van der Waals surface area contributed by atoms with E-state index in [0.717, 1.165) is 5.69 Å². The molecule has 1 heterocycles. The molecule has 16 heavy (non-hydrogen) atoms. The summed E-state index contributed by atoms with van der Waals surface area (Å²) < 4.78 is 5.09. The Morgan fingerprint density at radius 1 is 1.31 bits per heavy atom. The normalized spacial score (nSPS) is 18.6. The zero-order valence-electron chi connectivity index (χ0n) is 9.51. The van der Waals surface area contributed by atoms with Gasteiger partial charge in [0, 0.05) is 18.8 Å². The highest BCUT2D eigenvalue weighted by Gasteiger charge is 2.18. The molecule has 1 aromatic rings. The lowest BCUT2D eigenvalue weighted by Gasteiger charge is -2.22. The fourth-order valence-corrected chi connectivity index (χ4v) is 1.69. The number of carbonyl (C=O) groups excluding carboxylic acids is 1. The molecular formula is C13H15NO2. The van der Waals surface area contributed by atoms with Crippen molar-refractivity contribution in [2.45, 2.75) is 13.0 Å². The maximum atomic E-state index is 10.9. The van der Waals surface area contributed by atoms with Crippen molar-refractivity contribution in [2.75, 3.05) is 18.5 Å². The molecule has 1 aromatic carbocycles. The first kappa shape index (κ1) is 10.7. The van der Waals surface area contributed by atoms with Gasteiger partial charge in [0.25, 0.3) is 0 Å². The number of anilines is 1. The maximum Gasteiger partial charge on any atom is 0.331 e. The Bertz CT molecular complexity index is 408. The van der Waals surface area contributed by atoms with Crippen molar-refractivity contribution in [3.05, 3.63) is 42.0 Å². The molecular weight excluding hydrogens is 202 g/mol. The molecule has 3 heteroatoms. The molecule has 0 saturated heterocycles. The third-order valence-corrected chi connectivity index (χ3v) is 2.64. The quantitative estimate of drug-likeness (QED) is 0.724. The highest BCUT2D eigenvalue weighted by Crippen LogP contribution is 2.15. The Kier molecular flexibility index (Phi) is 2.95. The number of rotatable bonds is 3. The van der Waals surface area contributed by atoms with E-state index < -0.39 is 0 Å². The number of aryl methyl sites for hydroxylation is 1. The van der Waals surface area contributed by atoms with Crippen LogP contribution in [0.2, 0.25) is 0 Å². The number of ether oxygens (including phenoxy) is 1. The van der Waals surface area contributed by atoms with Crippen LogP contribution in [-0.4, -0.2) is 25.7 Å². The van der Waals surface area contributed by atoms with Gasteiger partial charge in [0.05, 0.1) is 6.54 Å². The molecule has 1 aliphatic rings. The number of esters is 1. The lowest BCUT2D eigenvalue weighted by molar-refractivity contribution is -0.138. The number of likely N-dealkylation sites (N-methyl/N-ethyl adjacent to an activating group) is 1. The smallest absolute Gasteiger partial charge is 0.331 e. The van der Waals surface area contributed by atoms with Crippen molar-refractivity contribution in [1.82, 2.24) is 0 Å². The summed E-state index contributed by atoms with van der Waals surface area (Å²) in [5.41, 5.74) is 2.37. The van der Waals surface area contributed by atoms with Crippen LogP contribution in [0.4, 0.5) is 5.69 Å². The van der Waals surface area contributed by atoms with Gasteiger partial charge >= 0.3 is 5.97 Å². The predicted molar refractivity (Wildman–Crippen MR) is 63.5 cm³/mol. The van der Waals surface area contributed by atoms with E-state index in [4.69, 9.17) is 4.74 Å². The average Bonchev–Trinajstić information content (AvgIpc) is 2.65. The molecule has 0 amide bonds. The van der Waals surface area contributed by atoms with Crippen LogP contribution >= 0.6 is 0 Å². The van der Waals surface area contributed by atoms with Gasteiger partial charge in [-0.2, -0.15) is 0 Å². The van der Waals surface area contributed by atoms with Crippen LogP contribution in [-0.2, 0) is 9.53 Å². The van der Waals surface area contributed by atoms with Crippen molar-refractivity contribution >= 4 is 11.7 Å². The molecule has 0 aliphatic carbocycles. The first-order valence-corrected chi connectivity index (χ1v) is 5.32. The van der Waals surface area contributed by atoms with E-state index in [2.05, 4.69) is 36.1 Å². The van der Waals surface area contributed by atoms with E-state index >= 15 is 0 Å². The SMILES string of the molecule is Cc1ccc(N(C)CC2C=CC(=O)O2)cc1. The molecule has 0 N–H and O–H groups in total. The van der Waals surface area contributed by atoms with Crippen LogP contribution in [0.3, 0.4) is 0 Å². The Balaban J connectivity index is 1.98. The lowest BCUT2D eigenvalue weighted by atomic mass is 10.2. The maximum absolute atomic E-state index is 10.9. The number of cyclic esters (lactones) is 1. The topological polar surface area (TPSA) is 29.5 Å². The second-order valence-electron chi connectivity index (χ2n) is 4.05. The fourth-order valence-electron chi connectivity index (χ4n) is 1.69. The summed E-state index contributed by atoms with van der Waals surface area (Å²) in [6.45, 7) is 2.75. The highest BCUT2D eigenvalue weighted by molar-refractivity contribution is 5.84. The summed E-state index contributed by atoms with van der Waals surface area (Å²) in [6.07, 6.45) is 3.15. The molecule has 2 rings (SSSR count). The summed E-state index contributed by atoms with van der Waals surface area (Å²) in [6, 6.07) is 8.27. The van der Waals surface area contributed by atoms with Crippen LogP contribution in [0.25, 0.3) is 0 Å². The molecule has 0 saturated carbocycles. The monoisotopic (exact) mass is 217 g/mol. The van der Waals surface area contributed by atoms with E-state index in [0.29, 0.717) is 6.54 Å². The third kappa shape index (κ3) is 2.42. The van der Waals surface area contributed by atoms with Crippen molar-refractivity contribution in [3.63, 3.8) is 0 Å². The van der Waals surface area contributed by atoms with Crippen LogP contribution < -0.4 is 4.90 Å². The fraction of sp³-hybridized carbons (Fsp3) is 0.308. The first-order valence-electron chi connectivity index (χ1n) is 5.32. The van der Waals surface area contributed by atoms with Crippen molar-refractivity contribution in [1.29, 1.82) is 0 Å². The Morgan fingerprint density at radius 3 is 2.56 bits per heavy atom. The summed E-state index contributed by atoms with van der Waals surface area (Å²) >= 11 is 0. The van der Waals surface area contributed by atoms with Gasteiger partial charge in [-0.3, -0.25) is 0 Å². The molecule has 1 unspecified atom stereocenters. The van der Waals surface area contributed by atoms with E-state index in [-0.39, 0.29) is 12.1 Å². The largest absolute Gasteiger partial charge is 0.453 e. The Hall–Kier alpha value is -1.77. The summed E-state index contributed by atoms with van der Waals surface area (Å²) in [4.78, 5) is 13.0. The predicted octanol–water partition coefficient (Wildman–Crippen LogP) is 1.91. The van der Waals surface area contributed by atoms with Gasteiger partial charge in [0.15, 0.2) is 0 Å². The Labute approximate surface area is 95.3 Å². The molecule has 84 valence electrons. The standard InChI is InChI=1S/C13H15NO2/c1-10-3-5-11(6-4-10)14(2)9-12-7-8-13(15)16-12/h3-8,12H,9H2,1-2H3. The molecule has 0 fully saturated rings. The average molecular weight is 217 g/mol. The first-order chi connectivity index (χ1) is 7.65. The van der Waals surface area contributed by atoms with Crippen LogP contribution in [0, 0.1) is 6.92 Å². The second kappa shape index (κ2) is 4.39. The molecule has 3 nitrogen and oxygen atoms in total. The number of benzene rings is 1. The van der Waals surface area contributed by atoms with Gasteiger partial charge < -0.3 is 9.64 Å². The van der Waals surface area contributed by atoms with Crippen molar-refractivity contribution < 1.29 is 9.53 Å². The summed E-state index contributed by atoms with van der Waals surface area (Å²) in [5, 5.41) is 0. The second-order valence-corrected chi connectivity index (χ2v) is 4.05. The van der Waals surface area contributed by atoms with Crippen molar-refractivity contribution in [2.24, 2.45) is 0 Å². The van der Waals surface area contributed by atoms with E-state index in [1.165, 1.54) is 11.6 Å². The summed E-state index contributed by atoms with van der Waals surface area (Å²) in [7, 11) is 1.99. The molecule has 0 aromatic heterocycles. The van der Waals surface area contributed by atoms with Crippen LogP contribution in [0.15, 0.2) is 36.4 Å². The van der Waals surface area contributed by atoms with Gasteiger partial charge in [-0.05, 0) is 25.1 Å². The van der Waals surface area contributed by atoms with Gasteiger partial charge in [0.1, 0.15) is 6.10 Å². The van der Waals surface area contributed by atoms with E-state index in [9.17, 15) is 4.79 Å². The van der Waals surface area contributed by atoms with Gasteiger partial charge in [-0.15, -0.1) is 0 Å². The molecule has 1 atom stereocenters. The summed E-state index contributed by atoms with van der Waals surface area (Å²) in [5.74, 6) is -0.248. The zero-order chi connectivity index (χ0) is 11.5.